The Hall–Kier alpha value is -0.910. The Morgan fingerprint density at radius 1 is 1.23 bits per heavy atom. The van der Waals surface area contributed by atoms with Crippen LogP contribution in [0.15, 0.2) is 28.7 Å². The topological polar surface area (TPSA) is 32.8 Å². The van der Waals surface area contributed by atoms with E-state index in [2.05, 4.69) is 20.8 Å². The first-order valence-corrected chi connectivity index (χ1v) is 10.7. The molecule has 3 atom stereocenters. The highest BCUT2D eigenvalue weighted by atomic mass is 79.9. The summed E-state index contributed by atoms with van der Waals surface area (Å²) in [7, 11) is 2.00. The Balaban J connectivity index is 1.54. The smallest absolute Gasteiger partial charge is 0.253 e. The van der Waals surface area contributed by atoms with Crippen LogP contribution in [0.3, 0.4) is 0 Å². The number of rotatable bonds is 3. The minimum Gasteiger partial charge on any atom is -0.381 e. The van der Waals surface area contributed by atoms with E-state index in [1.807, 2.05) is 36.2 Å². The maximum Gasteiger partial charge on any atom is 0.253 e. The fourth-order valence-corrected chi connectivity index (χ4v) is 5.44. The highest BCUT2D eigenvalue weighted by Crippen LogP contribution is 2.46. The number of likely N-dealkylation sites (N-methyl/N-ethyl adjacent to an activating group) is 1. The minimum absolute atomic E-state index is 0.144. The molecule has 0 aromatic heterocycles. The molecule has 0 radical (unpaired) electrons. The molecule has 2 heterocycles. The largest absolute Gasteiger partial charge is 0.381 e. The maximum absolute atomic E-state index is 13.1. The fraction of sp³-hybridized carbons (Fsp3) is 0.667. The van der Waals surface area contributed by atoms with Gasteiger partial charge in [0.25, 0.3) is 5.91 Å². The van der Waals surface area contributed by atoms with E-state index in [0.29, 0.717) is 17.5 Å². The van der Waals surface area contributed by atoms with E-state index in [1.165, 1.54) is 45.2 Å². The summed E-state index contributed by atoms with van der Waals surface area (Å²) >= 11 is 3.45. The van der Waals surface area contributed by atoms with Crippen molar-refractivity contribution in [1.29, 1.82) is 0 Å². The third-order valence-electron chi connectivity index (χ3n) is 6.76. The van der Waals surface area contributed by atoms with E-state index in [-0.39, 0.29) is 5.91 Å². The van der Waals surface area contributed by atoms with Gasteiger partial charge in [-0.25, -0.2) is 0 Å². The molecule has 1 aromatic carbocycles. The van der Waals surface area contributed by atoms with E-state index in [0.717, 1.165) is 29.7 Å². The molecule has 1 unspecified atom stereocenters. The van der Waals surface area contributed by atoms with Crippen LogP contribution in [0.25, 0.3) is 0 Å². The van der Waals surface area contributed by atoms with Crippen LogP contribution >= 0.6 is 15.9 Å². The molecule has 1 aliphatic carbocycles. The van der Waals surface area contributed by atoms with Gasteiger partial charge in [-0.05, 0) is 81.3 Å². The summed E-state index contributed by atoms with van der Waals surface area (Å²) in [6, 6.07) is 8.51. The molecule has 0 bridgehead atoms. The van der Waals surface area contributed by atoms with Crippen molar-refractivity contribution in [2.45, 2.75) is 50.6 Å². The number of halogens is 1. The second kappa shape index (κ2) is 7.61. The van der Waals surface area contributed by atoms with Gasteiger partial charge in [-0.2, -0.15) is 0 Å². The molecule has 3 fully saturated rings. The second-order valence-corrected chi connectivity index (χ2v) is 9.26. The van der Waals surface area contributed by atoms with Gasteiger partial charge >= 0.3 is 0 Å². The van der Waals surface area contributed by atoms with E-state index in [9.17, 15) is 4.79 Å². The van der Waals surface area contributed by atoms with Crippen LogP contribution in [0.2, 0.25) is 0 Å². The number of amides is 1. The highest BCUT2D eigenvalue weighted by molar-refractivity contribution is 9.10. The second-order valence-electron chi connectivity index (χ2n) is 8.35. The first-order chi connectivity index (χ1) is 12.6. The zero-order chi connectivity index (χ0) is 18.1. The van der Waals surface area contributed by atoms with Crippen LogP contribution in [0.1, 0.15) is 48.9 Å². The van der Waals surface area contributed by atoms with Crippen molar-refractivity contribution >= 4 is 21.8 Å². The number of hydrogen-bond donors (Lipinski definition) is 0. The molecule has 4 rings (SSSR count). The number of likely N-dealkylation sites (tertiary alicyclic amines) is 1. The van der Waals surface area contributed by atoms with Crippen LogP contribution < -0.4 is 0 Å². The number of carbonyl (C=O) groups excluding carboxylic acids is 1. The summed E-state index contributed by atoms with van der Waals surface area (Å²) < 4.78 is 6.78. The molecule has 1 aromatic rings. The molecule has 3 aliphatic rings. The average molecular weight is 421 g/mol. The normalized spacial score (nSPS) is 32.2. The Labute approximate surface area is 165 Å². The quantitative estimate of drug-likeness (QED) is 0.741. The summed E-state index contributed by atoms with van der Waals surface area (Å²) in [5, 5.41) is 0. The zero-order valence-corrected chi connectivity index (χ0v) is 17.2. The molecular weight excluding hydrogens is 392 g/mol. The maximum atomic E-state index is 13.1. The minimum atomic E-state index is 0.144. The average Bonchev–Trinajstić information content (AvgIpc) is 3.34. The van der Waals surface area contributed by atoms with Gasteiger partial charge in [-0.15, -0.1) is 0 Å². The van der Waals surface area contributed by atoms with Crippen molar-refractivity contribution in [3.8, 4) is 0 Å². The van der Waals surface area contributed by atoms with Gasteiger partial charge in [0.2, 0.25) is 0 Å². The number of carbonyl (C=O) groups is 1. The van der Waals surface area contributed by atoms with Crippen molar-refractivity contribution in [2.24, 2.45) is 5.41 Å². The van der Waals surface area contributed by atoms with Crippen LogP contribution in [0.4, 0.5) is 0 Å². The van der Waals surface area contributed by atoms with Crippen molar-refractivity contribution in [1.82, 2.24) is 9.80 Å². The van der Waals surface area contributed by atoms with E-state index < -0.39 is 0 Å². The lowest BCUT2D eigenvalue weighted by Crippen LogP contribution is -2.56. The summed E-state index contributed by atoms with van der Waals surface area (Å²) in [6.07, 6.45) is 7.21. The van der Waals surface area contributed by atoms with Gasteiger partial charge in [0.1, 0.15) is 0 Å². The lowest BCUT2D eigenvalue weighted by molar-refractivity contribution is 0.0105. The first kappa shape index (κ1) is 18.5. The molecule has 1 spiro atoms. The Kier molecular flexibility index (Phi) is 5.40. The van der Waals surface area contributed by atoms with Crippen molar-refractivity contribution < 1.29 is 9.53 Å². The van der Waals surface area contributed by atoms with Crippen LogP contribution in [0, 0.1) is 5.41 Å². The predicted molar refractivity (Wildman–Crippen MR) is 106 cm³/mol. The van der Waals surface area contributed by atoms with Gasteiger partial charge in [0.05, 0.1) is 6.61 Å². The summed E-state index contributed by atoms with van der Waals surface area (Å²) in [5.74, 6) is 0.144. The van der Waals surface area contributed by atoms with E-state index in [1.54, 1.807) is 0 Å². The monoisotopic (exact) mass is 420 g/mol. The lowest BCUT2D eigenvalue weighted by Gasteiger charge is -2.48. The molecule has 5 heteroatoms. The van der Waals surface area contributed by atoms with Crippen molar-refractivity contribution in [3.05, 3.63) is 34.3 Å². The molecule has 1 saturated carbocycles. The SMILES string of the molecule is CN(C(=O)c1ccc(Br)cc1)C1CC[C@]2(CCOC2)C[C@H]1N1CCCC1. The van der Waals surface area contributed by atoms with Gasteiger partial charge < -0.3 is 9.64 Å². The molecule has 4 nitrogen and oxygen atoms in total. The predicted octanol–water partition coefficient (Wildman–Crippen LogP) is 3.94. The van der Waals surface area contributed by atoms with Gasteiger partial charge in [0, 0.05) is 35.8 Å². The van der Waals surface area contributed by atoms with Crippen LogP contribution in [0.5, 0.6) is 0 Å². The van der Waals surface area contributed by atoms with Crippen LogP contribution in [-0.4, -0.2) is 61.1 Å². The molecule has 142 valence electrons. The molecule has 2 aliphatic heterocycles. The molecular formula is C21H29BrN2O2. The Morgan fingerprint density at radius 2 is 1.96 bits per heavy atom. The van der Waals surface area contributed by atoms with E-state index >= 15 is 0 Å². The van der Waals surface area contributed by atoms with Crippen molar-refractivity contribution in [3.63, 3.8) is 0 Å². The first-order valence-electron chi connectivity index (χ1n) is 9.93. The number of benzene rings is 1. The lowest BCUT2D eigenvalue weighted by atomic mass is 9.69. The highest BCUT2D eigenvalue weighted by Gasteiger charge is 2.47. The molecule has 1 amide bonds. The van der Waals surface area contributed by atoms with E-state index in [4.69, 9.17) is 4.74 Å². The molecule has 26 heavy (non-hydrogen) atoms. The standard InChI is InChI=1S/C21H29BrN2O2/c1-23(20(25)16-4-6-17(22)7-5-16)18-8-9-21(10-13-26-15-21)14-19(18)24-11-2-3-12-24/h4-7,18-19H,2-3,8-15H2,1H3/t18?,19-,21+/m1/s1. The summed E-state index contributed by atoms with van der Waals surface area (Å²) in [6.45, 7) is 4.18. The Bertz CT molecular complexity index is 636. The number of hydrogen-bond acceptors (Lipinski definition) is 3. The number of nitrogens with zero attached hydrogens (tertiary/aromatic N) is 2. The Morgan fingerprint density at radius 3 is 2.62 bits per heavy atom. The van der Waals surface area contributed by atoms with Gasteiger partial charge in [-0.1, -0.05) is 15.9 Å². The van der Waals surface area contributed by atoms with Crippen molar-refractivity contribution in [2.75, 3.05) is 33.4 Å². The van der Waals surface area contributed by atoms with Crippen LogP contribution in [-0.2, 0) is 4.74 Å². The third kappa shape index (κ3) is 3.58. The summed E-state index contributed by atoms with van der Waals surface area (Å²) in [4.78, 5) is 17.8. The van der Waals surface area contributed by atoms with Gasteiger partial charge in [-0.3, -0.25) is 9.69 Å². The number of ether oxygens (including phenoxy) is 1. The third-order valence-corrected chi connectivity index (χ3v) is 7.29. The fourth-order valence-electron chi connectivity index (χ4n) is 5.18. The molecule has 0 N–H and O–H groups in total. The zero-order valence-electron chi connectivity index (χ0n) is 15.6. The molecule has 2 saturated heterocycles. The summed E-state index contributed by atoms with van der Waals surface area (Å²) in [5.41, 5.74) is 1.13. The van der Waals surface area contributed by atoms with Gasteiger partial charge in [0.15, 0.2) is 0 Å².